The number of phosphoric acid groups is 1. The molecule has 0 aromatic rings. The molecule has 0 aliphatic carbocycles. The molecule has 0 amide bonds. The Hall–Kier alpha value is 1.23. The van der Waals surface area contributed by atoms with Crippen molar-refractivity contribution in [1.29, 1.82) is 0 Å². The van der Waals surface area contributed by atoms with E-state index in [1.54, 1.807) is 0 Å². The van der Waals surface area contributed by atoms with Crippen molar-refractivity contribution in [2.45, 2.75) is 0 Å². The van der Waals surface area contributed by atoms with E-state index in [1.807, 2.05) is 0 Å². The first-order valence-corrected chi connectivity index (χ1v) is 2.35. The summed E-state index contributed by atoms with van der Waals surface area (Å²) < 4.78 is 8.88. The Morgan fingerprint density at radius 1 is 1.29 bits per heavy atom. The molecule has 0 radical (unpaired) electrons. The number of hydrogen-bond acceptors (Lipinski definition) is 1. The second-order valence-electron chi connectivity index (χ2n) is 0.513. The minimum atomic E-state index is -4.64. The predicted molar refractivity (Wildman–Crippen MR) is 32.6 cm³/mol. The molecule has 0 atom stereocenters. The smallest absolute Gasteiger partial charge is 1.00 e. The first-order valence-electron chi connectivity index (χ1n) is 0.783. The van der Waals surface area contributed by atoms with Gasteiger partial charge >= 0.3 is 30.9 Å². The first kappa shape index (κ1) is 15.7. The zero-order valence-corrected chi connectivity index (χ0v) is 6.71. The van der Waals surface area contributed by atoms with E-state index in [0.29, 0.717) is 0 Å². The third-order valence-electron chi connectivity index (χ3n) is 0. The van der Waals surface area contributed by atoms with Gasteiger partial charge in [-0.05, 0) is 0 Å². The minimum Gasteiger partial charge on any atom is -1.00 e. The minimum absolute atomic E-state index is 0. The molecule has 0 saturated carbocycles. The molecule has 0 aromatic heterocycles. The molecule has 0 fully saturated rings. The summed E-state index contributed by atoms with van der Waals surface area (Å²) in [6.45, 7) is 0. The maximum absolute atomic E-state index is 8.88. The van der Waals surface area contributed by atoms with E-state index in [-0.39, 0.29) is 39.4 Å². The Labute approximate surface area is 66.7 Å². The van der Waals surface area contributed by atoms with Crippen LogP contribution < -0.4 is 0 Å². The molecule has 0 aromatic carbocycles. The monoisotopic (exact) mass is 158 g/mol. The molecular weight excluding hydrogens is 151 g/mol. The van der Waals surface area contributed by atoms with Crippen LogP contribution in [0.2, 0.25) is 0 Å². The average Bonchev–Trinajstić information content (AvgIpc) is 0.722. The van der Waals surface area contributed by atoms with Gasteiger partial charge in [-0.2, -0.15) is 13.5 Å². The van der Waals surface area contributed by atoms with Crippen LogP contribution in [0.25, 0.3) is 0 Å². The Morgan fingerprint density at radius 3 is 1.29 bits per heavy atom. The van der Waals surface area contributed by atoms with Crippen molar-refractivity contribution in [2.24, 2.45) is 0 Å². The van der Waals surface area contributed by atoms with Gasteiger partial charge in [-0.1, -0.05) is 0 Å². The SMILES string of the molecule is O=P(O)(O)O.S.[H-].[H-].[Mg+2]. The number of hydrogen-bond donors (Lipinski definition) is 3. The predicted octanol–water partition coefficient (Wildman–Crippen LogP) is -0.972. The van der Waals surface area contributed by atoms with E-state index in [1.165, 1.54) is 0 Å². The molecule has 7 heteroatoms. The molecule has 0 bridgehead atoms. The van der Waals surface area contributed by atoms with Gasteiger partial charge in [0, 0.05) is 0 Å². The van der Waals surface area contributed by atoms with Gasteiger partial charge in [-0.25, -0.2) is 4.57 Å². The van der Waals surface area contributed by atoms with Crippen molar-refractivity contribution in [3.63, 3.8) is 0 Å². The molecule has 0 aliphatic heterocycles. The van der Waals surface area contributed by atoms with Gasteiger partial charge < -0.3 is 17.5 Å². The molecule has 3 N–H and O–H groups in total. The van der Waals surface area contributed by atoms with Crippen LogP contribution in [0.5, 0.6) is 0 Å². The fraction of sp³-hybridized carbons (Fsp3) is 0. The van der Waals surface area contributed by atoms with Crippen molar-refractivity contribution in [3.05, 3.63) is 0 Å². The quantitative estimate of drug-likeness (QED) is 0.313. The molecule has 0 spiro atoms. The van der Waals surface area contributed by atoms with Crippen LogP contribution in [0.1, 0.15) is 2.85 Å². The average molecular weight is 158 g/mol. The number of rotatable bonds is 0. The van der Waals surface area contributed by atoms with E-state index in [9.17, 15) is 0 Å². The van der Waals surface area contributed by atoms with E-state index in [4.69, 9.17) is 19.2 Å². The largest absolute Gasteiger partial charge is 2.00 e. The van der Waals surface area contributed by atoms with Gasteiger partial charge in [0.25, 0.3) is 0 Å². The van der Waals surface area contributed by atoms with Crippen LogP contribution in [0, 0.1) is 0 Å². The molecule has 0 unspecified atom stereocenters. The van der Waals surface area contributed by atoms with E-state index < -0.39 is 7.82 Å². The normalized spacial score (nSPS) is 8.43. The van der Waals surface area contributed by atoms with Crippen LogP contribution in [-0.4, -0.2) is 37.7 Å². The molecule has 7 heavy (non-hydrogen) atoms. The summed E-state index contributed by atoms with van der Waals surface area (Å²) in [5.74, 6) is 0. The van der Waals surface area contributed by atoms with Gasteiger partial charge in [0.05, 0.1) is 0 Å². The zero-order chi connectivity index (χ0) is 4.50. The Kier molecular flexibility index (Phi) is 12.1. The van der Waals surface area contributed by atoms with Gasteiger partial charge in [-0.15, -0.1) is 0 Å². The third-order valence-corrected chi connectivity index (χ3v) is 0. The topological polar surface area (TPSA) is 77.8 Å². The summed E-state index contributed by atoms with van der Waals surface area (Å²) in [5, 5.41) is 0. The fourth-order valence-corrected chi connectivity index (χ4v) is 0. The van der Waals surface area contributed by atoms with Crippen LogP contribution >= 0.6 is 21.3 Å². The van der Waals surface area contributed by atoms with Crippen molar-refractivity contribution in [2.75, 3.05) is 0 Å². The van der Waals surface area contributed by atoms with E-state index in [2.05, 4.69) is 0 Å². The van der Waals surface area contributed by atoms with Gasteiger partial charge in [0.1, 0.15) is 0 Å². The standard InChI is InChI=1S/Mg.H3O4P.H2S.2H/c;1-5(2,3)4;;;/h;(H3,1,2,3,4);1H2;;/q+2;;;2*-1. The Balaban J connectivity index is -0.0000000133. The molecule has 0 aliphatic rings. The van der Waals surface area contributed by atoms with Crippen molar-refractivity contribution < 1.29 is 22.1 Å². The summed E-state index contributed by atoms with van der Waals surface area (Å²) in [5.41, 5.74) is 0. The van der Waals surface area contributed by atoms with E-state index in [0.717, 1.165) is 0 Å². The first-order chi connectivity index (χ1) is 2.00. The summed E-state index contributed by atoms with van der Waals surface area (Å²) >= 11 is 0. The van der Waals surface area contributed by atoms with Crippen molar-refractivity contribution in [1.82, 2.24) is 0 Å². The Bertz CT molecular complexity index is 64.7. The van der Waals surface area contributed by atoms with Gasteiger partial charge in [-0.3, -0.25) is 0 Å². The molecular formula is H7MgO4PS. The van der Waals surface area contributed by atoms with Gasteiger partial charge in [0.2, 0.25) is 0 Å². The fourth-order valence-electron chi connectivity index (χ4n) is 0. The van der Waals surface area contributed by atoms with Gasteiger partial charge in [0.15, 0.2) is 0 Å². The molecule has 4 nitrogen and oxygen atoms in total. The summed E-state index contributed by atoms with van der Waals surface area (Å²) in [6.07, 6.45) is 0. The van der Waals surface area contributed by atoms with E-state index >= 15 is 0 Å². The third kappa shape index (κ3) is 131. The molecule has 0 saturated heterocycles. The maximum Gasteiger partial charge on any atom is 2.00 e. The van der Waals surface area contributed by atoms with Crippen LogP contribution in [-0.2, 0) is 4.57 Å². The van der Waals surface area contributed by atoms with Crippen LogP contribution in [0.4, 0.5) is 0 Å². The van der Waals surface area contributed by atoms with Crippen LogP contribution in [0.15, 0.2) is 0 Å². The summed E-state index contributed by atoms with van der Waals surface area (Å²) in [4.78, 5) is 21.6. The second kappa shape index (κ2) is 5.36. The van der Waals surface area contributed by atoms with Crippen molar-refractivity contribution in [3.8, 4) is 0 Å². The summed E-state index contributed by atoms with van der Waals surface area (Å²) in [6, 6.07) is 0. The summed E-state index contributed by atoms with van der Waals surface area (Å²) in [7, 11) is -4.64. The Morgan fingerprint density at radius 2 is 1.29 bits per heavy atom. The molecule has 44 valence electrons. The van der Waals surface area contributed by atoms with Crippen molar-refractivity contribution >= 4 is 44.4 Å². The zero-order valence-electron chi connectivity index (χ0n) is 5.40. The molecule has 0 heterocycles. The molecule has 0 rings (SSSR count). The van der Waals surface area contributed by atoms with Crippen LogP contribution in [0.3, 0.4) is 0 Å². The second-order valence-corrected chi connectivity index (χ2v) is 1.54. The maximum atomic E-state index is 8.88.